The minimum Gasteiger partial charge on any atom is -0.481 e. The largest absolute Gasteiger partial charge is 0.481 e. The van der Waals surface area contributed by atoms with Crippen LogP contribution >= 0.6 is 0 Å². The Morgan fingerprint density at radius 3 is 2.25 bits per heavy atom. The second-order valence-corrected chi connectivity index (χ2v) is 10.00. The van der Waals surface area contributed by atoms with Gasteiger partial charge in [0.1, 0.15) is 17.4 Å². The average molecular weight is 551 g/mol. The predicted octanol–water partition coefficient (Wildman–Crippen LogP) is 3.31. The lowest BCUT2D eigenvalue weighted by molar-refractivity contribution is -0.154. The monoisotopic (exact) mass is 550 g/mol. The Labute approximate surface area is 231 Å². The van der Waals surface area contributed by atoms with Crippen molar-refractivity contribution in [1.82, 2.24) is 9.80 Å². The molecule has 8 nitrogen and oxygen atoms in total. The van der Waals surface area contributed by atoms with Gasteiger partial charge < -0.3 is 20.3 Å². The van der Waals surface area contributed by atoms with Crippen LogP contribution in [0.1, 0.15) is 24.2 Å². The lowest BCUT2D eigenvalue weighted by atomic mass is 9.97. The summed E-state index contributed by atoms with van der Waals surface area (Å²) in [4.78, 5) is 46.1. The molecule has 0 saturated heterocycles. The van der Waals surface area contributed by atoms with E-state index in [1.165, 1.54) is 11.8 Å². The third kappa shape index (κ3) is 6.35. The molecular weight excluding hydrogens is 518 g/mol. The molecule has 3 aromatic rings. The minimum absolute atomic E-state index is 0.0102. The number of amides is 3. The average Bonchev–Trinajstić information content (AvgIpc) is 3.02. The number of para-hydroxylation sites is 2. The fraction of sp³-hybridized carbons (Fsp3) is 0.300. The van der Waals surface area contributed by atoms with Crippen LogP contribution in [0.5, 0.6) is 5.75 Å². The zero-order valence-corrected chi connectivity index (χ0v) is 22.6. The van der Waals surface area contributed by atoms with E-state index >= 15 is 0 Å². The number of anilines is 1. The molecule has 0 radical (unpaired) electrons. The highest BCUT2D eigenvalue weighted by Gasteiger charge is 2.47. The molecular formula is C30H32F2N4O4. The molecule has 10 heteroatoms. The summed E-state index contributed by atoms with van der Waals surface area (Å²) in [6.45, 7) is 2.14. The predicted molar refractivity (Wildman–Crippen MR) is 147 cm³/mol. The van der Waals surface area contributed by atoms with Gasteiger partial charge in [-0.05, 0) is 56.4 Å². The van der Waals surface area contributed by atoms with Crippen LogP contribution in [0.25, 0.3) is 0 Å². The molecule has 1 heterocycles. The molecule has 4 rings (SSSR count). The number of hydrogen-bond donors (Lipinski definition) is 1. The number of nitrogens with zero attached hydrogens (tertiary/aromatic N) is 3. The molecule has 0 fully saturated rings. The van der Waals surface area contributed by atoms with Gasteiger partial charge >= 0.3 is 0 Å². The quantitative estimate of drug-likeness (QED) is 0.463. The molecule has 40 heavy (non-hydrogen) atoms. The number of carbonyl (C=O) groups excluding carboxylic acids is 3. The van der Waals surface area contributed by atoms with Crippen molar-refractivity contribution in [3.05, 3.63) is 95.6 Å². The van der Waals surface area contributed by atoms with Crippen LogP contribution in [0.4, 0.5) is 14.5 Å². The van der Waals surface area contributed by atoms with E-state index in [2.05, 4.69) is 0 Å². The number of halogens is 2. The van der Waals surface area contributed by atoms with Gasteiger partial charge in [-0.1, -0.05) is 42.5 Å². The topological polar surface area (TPSA) is 96.2 Å². The van der Waals surface area contributed by atoms with Gasteiger partial charge in [0.05, 0.1) is 18.2 Å². The molecule has 0 saturated carbocycles. The Balaban J connectivity index is 1.87. The number of carbonyl (C=O) groups is 3. The first-order valence-corrected chi connectivity index (χ1v) is 12.9. The molecule has 3 atom stereocenters. The fourth-order valence-corrected chi connectivity index (χ4v) is 4.67. The summed E-state index contributed by atoms with van der Waals surface area (Å²) >= 11 is 0. The van der Waals surface area contributed by atoms with Crippen LogP contribution in [0.15, 0.2) is 72.8 Å². The molecule has 3 aromatic carbocycles. The zero-order valence-electron chi connectivity index (χ0n) is 22.6. The van der Waals surface area contributed by atoms with E-state index in [4.69, 9.17) is 10.5 Å². The molecule has 0 bridgehead atoms. The first-order valence-electron chi connectivity index (χ1n) is 12.9. The van der Waals surface area contributed by atoms with Gasteiger partial charge in [-0.25, -0.2) is 8.78 Å². The van der Waals surface area contributed by atoms with Gasteiger partial charge in [0.2, 0.25) is 11.8 Å². The molecule has 0 spiro atoms. The molecule has 2 N–H and O–H groups in total. The van der Waals surface area contributed by atoms with E-state index in [0.29, 0.717) is 29.6 Å². The highest BCUT2D eigenvalue weighted by Crippen LogP contribution is 2.39. The second-order valence-electron chi connectivity index (χ2n) is 10.00. The second kappa shape index (κ2) is 12.4. The van der Waals surface area contributed by atoms with Crippen molar-refractivity contribution < 1.29 is 27.9 Å². The highest BCUT2D eigenvalue weighted by atomic mass is 19.1. The number of imide groups is 1. The number of hydrogen-bond acceptors (Lipinski definition) is 6. The van der Waals surface area contributed by atoms with Crippen molar-refractivity contribution >= 4 is 23.4 Å². The standard InChI is InChI=1S/C30H32F2N4O4/c1-19(33)29(38)36(26(37)17-20-15-22(31)18-23(32)16-20)27-28(21-9-5-4-6-10-21)40-25-12-8-7-11-24(25)35(30(27)39)14-13-34(2)3/h4-12,15-16,18-19,27-28H,13-14,17,33H2,1-3H3/t19-,27+,28?/m1/s1. The number of fused-ring (bicyclic) bond motifs is 1. The van der Waals surface area contributed by atoms with Crippen LogP contribution in [0.2, 0.25) is 0 Å². The Morgan fingerprint density at radius 1 is 1.00 bits per heavy atom. The third-order valence-corrected chi connectivity index (χ3v) is 6.57. The summed E-state index contributed by atoms with van der Waals surface area (Å²) in [5.41, 5.74) is 7.03. The van der Waals surface area contributed by atoms with E-state index in [1.807, 2.05) is 19.0 Å². The number of nitrogens with two attached hydrogens (primary N) is 1. The summed E-state index contributed by atoms with van der Waals surface area (Å²) in [6, 6.07) is 15.9. The maximum atomic E-state index is 14.5. The molecule has 3 amide bonds. The first-order chi connectivity index (χ1) is 19.1. The zero-order chi connectivity index (χ0) is 29.0. The van der Waals surface area contributed by atoms with Crippen LogP contribution < -0.4 is 15.4 Å². The highest BCUT2D eigenvalue weighted by molar-refractivity contribution is 6.07. The number of likely N-dealkylation sites (N-methyl/N-ethyl adjacent to an activating group) is 1. The van der Waals surface area contributed by atoms with Crippen molar-refractivity contribution in [3.8, 4) is 5.75 Å². The minimum atomic E-state index is -1.46. The molecule has 1 aliphatic rings. The Morgan fingerprint density at radius 2 is 1.62 bits per heavy atom. The van der Waals surface area contributed by atoms with Gasteiger partial charge in [0, 0.05) is 19.2 Å². The number of ether oxygens (including phenoxy) is 1. The maximum Gasteiger partial charge on any atom is 0.254 e. The van der Waals surface area contributed by atoms with Crippen LogP contribution in [-0.4, -0.2) is 66.8 Å². The summed E-state index contributed by atoms with van der Waals surface area (Å²) in [7, 11) is 3.73. The normalized spacial score (nSPS) is 17.6. The van der Waals surface area contributed by atoms with Crippen molar-refractivity contribution in [3.63, 3.8) is 0 Å². The Bertz CT molecular complexity index is 1360. The number of benzene rings is 3. The maximum absolute atomic E-state index is 14.5. The Hall–Kier alpha value is -4.15. The van der Waals surface area contributed by atoms with E-state index < -0.39 is 54.0 Å². The molecule has 0 aromatic heterocycles. The van der Waals surface area contributed by atoms with E-state index in [9.17, 15) is 23.2 Å². The van der Waals surface area contributed by atoms with Crippen molar-refractivity contribution in [2.45, 2.75) is 31.5 Å². The lowest BCUT2D eigenvalue weighted by Crippen LogP contribution is -2.59. The van der Waals surface area contributed by atoms with Gasteiger partial charge in [-0.15, -0.1) is 0 Å². The van der Waals surface area contributed by atoms with Gasteiger partial charge in [-0.3, -0.25) is 19.3 Å². The SMILES string of the molecule is C[C@@H](N)C(=O)N(C(=O)Cc1cc(F)cc(F)c1)[C@@H]1C(=O)N(CCN(C)C)c2ccccc2OC1c1ccccc1. The van der Waals surface area contributed by atoms with E-state index in [1.54, 1.807) is 54.6 Å². The van der Waals surface area contributed by atoms with Crippen LogP contribution in [0.3, 0.4) is 0 Å². The molecule has 1 unspecified atom stereocenters. The van der Waals surface area contributed by atoms with Crippen LogP contribution in [0, 0.1) is 11.6 Å². The smallest absolute Gasteiger partial charge is 0.254 e. The Kier molecular flexibility index (Phi) is 8.91. The molecule has 210 valence electrons. The van der Waals surface area contributed by atoms with Crippen molar-refractivity contribution in [2.24, 2.45) is 5.73 Å². The van der Waals surface area contributed by atoms with Crippen LogP contribution in [-0.2, 0) is 20.8 Å². The summed E-state index contributed by atoms with van der Waals surface area (Å²) in [5.74, 6) is -3.53. The van der Waals surface area contributed by atoms with Crippen molar-refractivity contribution in [1.29, 1.82) is 0 Å². The van der Waals surface area contributed by atoms with Gasteiger partial charge in [0.15, 0.2) is 12.1 Å². The van der Waals surface area contributed by atoms with Gasteiger partial charge in [0.25, 0.3) is 5.91 Å². The van der Waals surface area contributed by atoms with Gasteiger partial charge in [-0.2, -0.15) is 0 Å². The van der Waals surface area contributed by atoms with E-state index in [-0.39, 0.29) is 12.1 Å². The van der Waals surface area contributed by atoms with Crippen molar-refractivity contribution in [2.75, 3.05) is 32.1 Å². The fourth-order valence-electron chi connectivity index (χ4n) is 4.67. The third-order valence-electron chi connectivity index (χ3n) is 6.57. The molecule has 1 aliphatic heterocycles. The first kappa shape index (κ1) is 28.8. The summed E-state index contributed by atoms with van der Waals surface area (Å²) in [6.07, 6.45) is -1.63. The summed E-state index contributed by atoms with van der Waals surface area (Å²) < 4.78 is 34.3. The summed E-state index contributed by atoms with van der Waals surface area (Å²) in [5, 5.41) is 0. The number of rotatable bonds is 8. The molecule has 0 aliphatic carbocycles. The van der Waals surface area contributed by atoms with E-state index in [0.717, 1.165) is 17.0 Å². The lowest BCUT2D eigenvalue weighted by Gasteiger charge is -2.36.